The van der Waals surface area contributed by atoms with Crippen LogP contribution in [0.5, 0.6) is 0 Å². The number of carbonyl (C=O) groups is 1. The minimum atomic E-state index is -4.84. The standard InChI is InChI=1S/C15H15F3N4O/c16-15(17,18)14(23)22-7-6-10-9(8-22)4-5-12-11(10)2-1-3-13(12)20-21-19/h4-5,13H,1-3,6-8H2/t13-/m1/s1. The fourth-order valence-electron chi connectivity index (χ4n) is 3.52. The van der Waals surface area contributed by atoms with Crippen molar-refractivity contribution in [2.45, 2.75) is 44.4 Å². The molecule has 0 N–H and O–H groups in total. The number of hydrogen-bond donors (Lipinski definition) is 0. The molecule has 0 unspecified atom stereocenters. The molecule has 0 spiro atoms. The molecule has 8 heteroatoms. The van der Waals surface area contributed by atoms with Crippen molar-refractivity contribution in [3.63, 3.8) is 0 Å². The van der Waals surface area contributed by atoms with Crippen LogP contribution in [0.15, 0.2) is 17.2 Å². The Morgan fingerprint density at radius 2 is 2.09 bits per heavy atom. The highest BCUT2D eigenvalue weighted by Crippen LogP contribution is 2.37. The Bertz CT molecular complexity index is 695. The molecule has 23 heavy (non-hydrogen) atoms. The predicted molar refractivity (Wildman–Crippen MR) is 76.4 cm³/mol. The van der Waals surface area contributed by atoms with Gasteiger partial charge in [-0.25, -0.2) is 0 Å². The molecule has 0 radical (unpaired) electrons. The first kappa shape index (κ1) is 15.7. The lowest BCUT2D eigenvalue weighted by atomic mass is 9.81. The van der Waals surface area contributed by atoms with Gasteiger partial charge in [-0.15, -0.1) is 0 Å². The van der Waals surface area contributed by atoms with Crippen LogP contribution in [-0.2, 0) is 24.2 Å². The van der Waals surface area contributed by atoms with E-state index in [-0.39, 0.29) is 19.1 Å². The van der Waals surface area contributed by atoms with E-state index < -0.39 is 12.1 Å². The summed E-state index contributed by atoms with van der Waals surface area (Å²) in [6, 6.07) is 3.38. The van der Waals surface area contributed by atoms with Crippen LogP contribution in [0.1, 0.15) is 41.1 Å². The van der Waals surface area contributed by atoms with Gasteiger partial charge in [0.15, 0.2) is 0 Å². The lowest BCUT2D eigenvalue weighted by Gasteiger charge is -2.33. The van der Waals surface area contributed by atoms with Gasteiger partial charge in [0.05, 0.1) is 6.04 Å². The summed E-state index contributed by atoms with van der Waals surface area (Å²) in [6.07, 6.45) is -1.92. The summed E-state index contributed by atoms with van der Waals surface area (Å²) >= 11 is 0. The normalized spacial score (nSPS) is 20.3. The van der Waals surface area contributed by atoms with E-state index in [2.05, 4.69) is 10.0 Å². The Hall–Kier alpha value is -2.21. The van der Waals surface area contributed by atoms with Crippen LogP contribution in [-0.4, -0.2) is 23.5 Å². The molecule has 1 heterocycles. The maximum Gasteiger partial charge on any atom is 0.471 e. The highest BCUT2D eigenvalue weighted by atomic mass is 19.4. The lowest BCUT2D eigenvalue weighted by molar-refractivity contribution is -0.186. The molecule has 1 aromatic rings. The van der Waals surface area contributed by atoms with Crippen molar-refractivity contribution in [3.8, 4) is 0 Å². The largest absolute Gasteiger partial charge is 0.471 e. The fraction of sp³-hybridized carbons (Fsp3) is 0.533. The van der Waals surface area contributed by atoms with E-state index in [0.29, 0.717) is 6.42 Å². The third kappa shape index (κ3) is 2.86. The van der Waals surface area contributed by atoms with Gasteiger partial charge >= 0.3 is 12.1 Å². The molecule has 5 nitrogen and oxygen atoms in total. The molecule has 0 aromatic heterocycles. The number of carbonyl (C=O) groups excluding carboxylic acids is 1. The van der Waals surface area contributed by atoms with Gasteiger partial charge < -0.3 is 4.90 Å². The van der Waals surface area contributed by atoms with Crippen LogP contribution in [0.2, 0.25) is 0 Å². The van der Waals surface area contributed by atoms with Gasteiger partial charge in [0.25, 0.3) is 0 Å². The zero-order chi connectivity index (χ0) is 16.6. The summed E-state index contributed by atoms with van der Waals surface area (Å²) in [5.41, 5.74) is 12.5. The predicted octanol–water partition coefficient (Wildman–Crippen LogP) is 3.82. The lowest BCUT2D eigenvalue weighted by Crippen LogP contribution is -2.44. The third-order valence-corrected chi connectivity index (χ3v) is 4.54. The number of alkyl halides is 3. The molecule has 1 atom stereocenters. The van der Waals surface area contributed by atoms with Gasteiger partial charge in [0.2, 0.25) is 0 Å². The van der Waals surface area contributed by atoms with Crippen molar-refractivity contribution in [1.82, 2.24) is 4.90 Å². The summed E-state index contributed by atoms with van der Waals surface area (Å²) in [5, 5.41) is 3.82. The maximum atomic E-state index is 12.6. The summed E-state index contributed by atoms with van der Waals surface area (Å²) in [5.74, 6) is -1.78. The minimum Gasteiger partial charge on any atom is -0.330 e. The monoisotopic (exact) mass is 324 g/mol. The number of rotatable bonds is 1. The van der Waals surface area contributed by atoms with Crippen molar-refractivity contribution in [3.05, 3.63) is 44.8 Å². The maximum absolute atomic E-state index is 12.6. The number of hydrogen-bond acceptors (Lipinski definition) is 2. The molecule has 122 valence electrons. The quantitative estimate of drug-likeness (QED) is 0.440. The number of amides is 1. The second kappa shape index (κ2) is 5.77. The van der Waals surface area contributed by atoms with Gasteiger partial charge in [-0.2, -0.15) is 13.2 Å². The zero-order valence-corrected chi connectivity index (χ0v) is 12.3. The summed E-state index contributed by atoms with van der Waals surface area (Å²) in [4.78, 5) is 15.1. The zero-order valence-electron chi connectivity index (χ0n) is 12.3. The molecule has 1 aliphatic carbocycles. The Kier molecular flexibility index (Phi) is 3.93. The van der Waals surface area contributed by atoms with Gasteiger partial charge in [0, 0.05) is 18.0 Å². The van der Waals surface area contributed by atoms with E-state index in [0.717, 1.165) is 46.4 Å². The van der Waals surface area contributed by atoms with E-state index in [1.807, 2.05) is 6.07 Å². The van der Waals surface area contributed by atoms with Crippen molar-refractivity contribution < 1.29 is 18.0 Å². The van der Waals surface area contributed by atoms with Crippen LogP contribution in [0, 0.1) is 0 Å². The Labute approximate surface area is 130 Å². The molecule has 0 saturated carbocycles. The Balaban J connectivity index is 1.92. The molecular formula is C15H15F3N4O. The minimum absolute atomic E-state index is 0.0207. The van der Waals surface area contributed by atoms with Gasteiger partial charge in [-0.3, -0.25) is 4.79 Å². The highest BCUT2D eigenvalue weighted by molar-refractivity contribution is 5.82. The van der Waals surface area contributed by atoms with Gasteiger partial charge in [-0.1, -0.05) is 17.2 Å². The van der Waals surface area contributed by atoms with Crippen LogP contribution < -0.4 is 0 Å². The van der Waals surface area contributed by atoms with Crippen molar-refractivity contribution in [1.29, 1.82) is 0 Å². The smallest absolute Gasteiger partial charge is 0.330 e. The van der Waals surface area contributed by atoms with E-state index in [9.17, 15) is 18.0 Å². The van der Waals surface area contributed by atoms with Crippen molar-refractivity contribution in [2.75, 3.05) is 6.54 Å². The third-order valence-electron chi connectivity index (χ3n) is 4.54. The average Bonchev–Trinajstić information content (AvgIpc) is 2.53. The summed E-state index contributed by atoms with van der Waals surface area (Å²) in [7, 11) is 0. The Morgan fingerprint density at radius 1 is 1.30 bits per heavy atom. The topological polar surface area (TPSA) is 69.1 Å². The average molecular weight is 324 g/mol. The SMILES string of the molecule is [N-]=[N+]=N[C@@H]1CCCc2c1ccc1c2CCN(C(=O)C(F)(F)F)C1. The van der Waals surface area contributed by atoms with E-state index >= 15 is 0 Å². The van der Waals surface area contributed by atoms with E-state index in [1.165, 1.54) is 0 Å². The van der Waals surface area contributed by atoms with Gasteiger partial charge in [-0.05, 0) is 53.5 Å². The molecule has 2 aliphatic rings. The number of nitrogens with zero attached hydrogens (tertiary/aromatic N) is 4. The second-order valence-corrected chi connectivity index (χ2v) is 5.86. The number of azide groups is 1. The molecule has 1 aromatic carbocycles. The van der Waals surface area contributed by atoms with Crippen LogP contribution in [0.25, 0.3) is 10.4 Å². The number of fused-ring (bicyclic) bond motifs is 3. The molecule has 0 saturated heterocycles. The van der Waals surface area contributed by atoms with Crippen molar-refractivity contribution >= 4 is 5.91 Å². The van der Waals surface area contributed by atoms with Gasteiger partial charge in [0.1, 0.15) is 0 Å². The summed E-state index contributed by atoms with van der Waals surface area (Å²) < 4.78 is 37.7. The second-order valence-electron chi connectivity index (χ2n) is 5.86. The summed E-state index contributed by atoms with van der Waals surface area (Å²) in [6.45, 7) is 0.0428. The first-order valence-electron chi connectivity index (χ1n) is 7.45. The van der Waals surface area contributed by atoms with Crippen molar-refractivity contribution in [2.24, 2.45) is 5.11 Å². The molecule has 1 aliphatic heterocycles. The van der Waals surface area contributed by atoms with Crippen LogP contribution >= 0.6 is 0 Å². The molecule has 0 fully saturated rings. The van der Waals surface area contributed by atoms with E-state index in [4.69, 9.17) is 5.53 Å². The Morgan fingerprint density at radius 3 is 2.78 bits per heavy atom. The first-order valence-corrected chi connectivity index (χ1v) is 7.45. The molecule has 1 amide bonds. The first-order chi connectivity index (χ1) is 10.9. The molecular weight excluding hydrogens is 309 g/mol. The molecule has 0 bridgehead atoms. The van der Waals surface area contributed by atoms with Crippen LogP contribution in [0.3, 0.4) is 0 Å². The van der Waals surface area contributed by atoms with E-state index in [1.54, 1.807) is 6.07 Å². The van der Waals surface area contributed by atoms with Crippen LogP contribution in [0.4, 0.5) is 13.2 Å². The highest BCUT2D eigenvalue weighted by Gasteiger charge is 2.43. The molecule has 3 rings (SSSR count). The fourth-order valence-corrected chi connectivity index (χ4v) is 3.52. The number of halogens is 3. The number of benzene rings is 1.